The monoisotopic (exact) mass is 636 g/mol. The minimum absolute atomic E-state index is 0.0435. The lowest BCUT2D eigenvalue weighted by atomic mass is 9.87. The van der Waals surface area contributed by atoms with Gasteiger partial charge < -0.3 is 28.8 Å². The molecule has 1 aliphatic carbocycles. The van der Waals surface area contributed by atoms with Crippen LogP contribution >= 0.6 is 0 Å². The minimum atomic E-state index is -0.441. The van der Waals surface area contributed by atoms with Crippen LogP contribution in [0.4, 0.5) is 0 Å². The summed E-state index contributed by atoms with van der Waals surface area (Å²) in [6, 6.07) is 16.0. The zero-order chi connectivity index (χ0) is 33.1. The molecular weight excluding hydrogens is 580 g/mol. The SMILES string of the molecule is CCCC[C@H](C)C[C@@H](/C=C/[C@H]1C(OCc2ccc(OC)cc2)C[C@H](O)[C@@H]1CCCC/C=C/C(=O)OC)OCc1ccc(OC)cc1. The lowest BCUT2D eigenvalue weighted by Gasteiger charge is -2.25. The molecule has 7 nitrogen and oxygen atoms in total. The maximum absolute atomic E-state index is 11.4. The summed E-state index contributed by atoms with van der Waals surface area (Å²) in [6.45, 7) is 5.54. The molecule has 0 saturated heterocycles. The normalized spacial score (nSPS) is 21.1. The number of unbranched alkanes of at least 4 members (excludes halogenated alkanes) is 3. The van der Waals surface area contributed by atoms with Crippen molar-refractivity contribution in [2.45, 2.75) is 103 Å². The number of aliphatic hydroxyl groups excluding tert-OH is 1. The number of hydrogen-bond donors (Lipinski definition) is 1. The Bertz CT molecular complexity index is 1170. The highest BCUT2D eigenvalue weighted by Gasteiger charge is 2.41. The molecule has 46 heavy (non-hydrogen) atoms. The van der Waals surface area contributed by atoms with Crippen molar-refractivity contribution in [3.05, 3.63) is 84.0 Å². The largest absolute Gasteiger partial charge is 0.497 e. The molecule has 0 radical (unpaired) electrons. The van der Waals surface area contributed by atoms with Gasteiger partial charge in [-0.3, -0.25) is 0 Å². The van der Waals surface area contributed by atoms with E-state index >= 15 is 0 Å². The van der Waals surface area contributed by atoms with Crippen LogP contribution in [0.15, 0.2) is 72.8 Å². The number of rotatable bonds is 21. The Hall–Kier alpha value is -3.13. The number of methoxy groups -OCH3 is 3. The van der Waals surface area contributed by atoms with E-state index in [-0.39, 0.29) is 30.0 Å². The number of hydrogen-bond acceptors (Lipinski definition) is 7. The zero-order valence-corrected chi connectivity index (χ0v) is 28.6. The van der Waals surface area contributed by atoms with E-state index in [2.05, 4.69) is 30.7 Å². The van der Waals surface area contributed by atoms with E-state index in [0.29, 0.717) is 25.6 Å². The minimum Gasteiger partial charge on any atom is -0.497 e. The maximum atomic E-state index is 11.4. The molecule has 1 fully saturated rings. The van der Waals surface area contributed by atoms with E-state index < -0.39 is 6.10 Å². The molecule has 1 saturated carbocycles. The van der Waals surface area contributed by atoms with Crippen LogP contribution in [0.1, 0.15) is 82.8 Å². The Morgan fingerprint density at radius 3 is 2.20 bits per heavy atom. The number of carbonyl (C=O) groups excluding carboxylic acids is 1. The molecule has 3 rings (SSSR count). The predicted octanol–water partition coefficient (Wildman–Crippen LogP) is 8.23. The molecule has 1 aliphatic rings. The van der Waals surface area contributed by atoms with Crippen LogP contribution in [0.3, 0.4) is 0 Å². The van der Waals surface area contributed by atoms with Gasteiger partial charge in [-0.15, -0.1) is 0 Å². The average molecular weight is 637 g/mol. The quantitative estimate of drug-likeness (QED) is 0.0640. The van der Waals surface area contributed by atoms with Gasteiger partial charge in [0.05, 0.1) is 52.9 Å². The Kier molecular flexibility index (Phi) is 16.9. The topological polar surface area (TPSA) is 83.5 Å². The zero-order valence-electron chi connectivity index (χ0n) is 28.6. The average Bonchev–Trinajstić information content (AvgIpc) is 3.38. The van der Waals surface area contributed by atoms with Crippen LogP contribution in [0, 0.1) is 17.8 Å². The summed E-state index contributed by atoms with van der Waals surface area (Å²) >= 11 is 0. The summed E-state index contributed by atoms with van der Waals surface area (Å²) in [5, 5.41) is 11.3. The number of benzene rings is 2. The highest BCUT2D eigenvalue weighted by Crippen LogP contribution is 2.39. The lowest BCUT2D eigenvalue weighted by Crippen LogP contribution is -2.23. The van der Waals surface area contributed by atoms with Gasteiger partial charge in [0.25, 0.3) is 0 Å². The van der Waals surface area contributed by atoms with E-state index in [1.807, 2.05) is 54.6 Å². The molecule has 7 heteroatoms. The number of carbonyl (C=O) groups is 1. The molecule has 1 N–H and O–H groups in total. The van der Waals surface area contributed by atoms with Crippen molar-refractivity contribution in [2.24, 2.45) is 17.8 Å². The van der Waals surface area contributed by atoms with Crippen LogP contribution < -0.4 is 9.47 Å². The van der Waals surface area contributed by atoms with Gasteiger partial charge in [0, 0.05) is 18.4 Å². The molecule has 0 heterocycles. The third kappa shape index (κ3) is 12.9. The second-order valence-corrected chi connectivity index (χ2v) is 12.5. The molecule has 1 unspecified atom stereocenters. The van der Waals surface area contributed by atoms with E-state index in [9.17, 15) is 9.90 Å². The van der Waals surface area contributed by atoms with Gasteiger partial charge in [0.15, 0.2) is 0 Å². The second-order valence-electron chi connectivity index (χ2n) is 12.5. The van der Waals surface area contributed by atoms with Gasteiger partial charge in [-0.25, -0.2) is 4.79 Å². The smallest absolute Gasteiger partial charge is 0.330 e. The van der Waals surface area contributed by atoms with Gasteiger partial charge in [-0.1, -0.05) is 82.0 Å². The van der Waals surface area contributed by atoms with Gasteiger partial charge in [-0.2, -0.15) is 0 Å². The third-order valence-corrected chi connectivity index (χ3v) is 8.98. The summed E-state index contributed by atoms with van der Waals surface area (Å²) in [5.41, 5.74) is 2.18. The third-order valence-electron chi connectivity index (χ3n) is 8.98. The Morgan fingerprint density at radius 2 is 1.59 bits per heavy atom. The fraction of sp³-hybridized carbons (Fsp3) is 0.564. The molecule has 254 valence electrons. The molecule has 0 aliphatic heterocycles. The first-order valence-corrected chi connectivity index (χ1v) is 17.0. The molecule has 2 aromatic rings. The lowest BCUT2D eigenvalue weighted by molar-refractivity contribution is -0.134. The number of esters is 1. The van der Waals surface area contributed by atoms with Crippen molar-refractivity contribution >= 4 is 5.97 Å². The number of allylic oxidation sites excluding steroid dienone is 1. The van der Waals surface area contributed by atoms with Gasteiger partial charge in [-0.05, 0) is 72.9 Å². The van der Waals surface area contributed by atoms with E-state index in [4.69, 9.17) is 18.9 Å². The van der Waals surface area contributed by atoms with Crippen LogP contribution in [-0.2, 0) is 32.2 Å². The van der Waals surface area contributed by atoms with E-state index in [1.165, 1.54) is 32.4 Å². The highest BCUT2D eigenvalue weighted by molar-refractivity contribution is 5.81. The number of aliphatic hydroxyl groups is 1. The van der Waals surface area contributed by atoms with Crippen molar-refractivity contribution in [3.8, 4) is 11.5 Å². The highest BCUT2D eigenvalue weighted by atomic mass is 16.5. The Morgan fingerprint density at radius 1 is 0.935 bits per heavy atom. The summed E-state index contributed by atoms with van der Waals surface area (Å²) in [4.78, 5) is 11.4. The van der Waals surface area contributed by atoms with Crippen LogP contribution in [0.5, 0.6) is 11.5 Å². The van der Waals surface area contributed by atoms with Crippen LogP contribution in [0.2, 0.25) is 0 Å². The first-order chi connectivity index (χ1) is 22.4. The van der Waals surface area contributed by atoms with Crippen LogP contribution in [0.25, 0.3) is 0 Å². The predicted molar refractivity (Wildman–Crippen MR) is 183 cm³/mol. The van der Waals surface area contributed by atoms with Crippen LogP contribution in [-0.4, -0.2) is 50.7 Å². The van der Waals surface area contributed by atoms with Gasteiger partial charge in [0.1, 0.15) is 11.5 Å². The summed E-state index contributed by atoms with van der Waals surface area (Å²) in [6.07, 6.45) is 15.9. The molecule has 0 aromatic heterocycles. The molecule has 6 atom stereocenters. The van der Waals surface area contributed by atoms with Gasteiger partial charge >= 0.3 is 5.97 Å². The van der Waals surface area contributed by atoms with Crippen molar-refractivity contribution in [1.82, 2.24) is 0 Å². The van der Waals surface area contributed by atoms with Crippen molar-refractivity contribution in [3.63, 3.8) is 0 Å². The fourth-order valence-corrected chi connectivity index (χ4v) is 6.19. The van der Waals surface area contributed by atoms with Crippen molar-refractivity contribution < 1.29 is 33.6 Å². The first-order valence-electron chi connectivity index (χ1n) is 17.0. The fourth-order valence-electron chi connectivity index (χ4n) is 6.19. The van der Waals surface area contributed by atoms with E-state index in [1.54, 1.807) is 14.2 Å². The molecule has 0 amide bonds. The van der Waals surface area contributed by atoms with E-state index in [0.717, 1.165) is 54.7 Å². The molecular formula is C39H56O7. The standard InChI is InChI=1S/C39H56O7/c1-6-7-12-29(2)25-34(45-27-30-15-19-32(42-3)20-16-30)23-24-36-35(13-10-8-9-11-14-39(41)44-5)37(40)26-38(36)46-28-31-17-21-33(43-4)22-18-31/h11,14-24,29,34-38,40H,6-10,12-13,25-28H2,1-5H3/b14-11+,24-23+/t29-,34+,35+,36+,37-,38?/m0/s1. The van der Waals surface area contributed by atoms with Crippen molar-refractivity contribution in [1.29, 1.82) is 0 Å². The van der Waals surface area contributed by atoms with Gasteiger partial charge in [0.2, 0.25) is 0 Å². The summed E-state index contributed by atoms with van der Waals surface area (Å²) < 4.78 is 28.3. The Balaban J connectivity index is 1.74. The molecule has 2 aromatic carbocycles. The summed E-state index contributed by atoms with van der Waals surface area (Å²) in [5.74, 6) is 2.01. The first kappa shape index (κ1) is 37.3. The van der Waals surface area contributed by atoms with Crippen molar-refractivity contribution in [2.75, 3.05) is 21.3 Å². The Labute approximate surface area is 276 Å². The second kappa shape index (κ2) is 20.9. The summed E-state index contributed by atoms with van der Waals surface area (Å²) in [7, 11) is 4.72. The molecule has 0 bridgehead atoms. The number of ether oxygens (including phenoxy) is 5. The molecule has 0 spiro atoms. The maximum Gasteiger partial charge on any atom is 0.330 e.